The Balaban J connectivity index is 1.24. The number of carbonyl (C=O) groups excluding carboxylic acids is 1. The summed E-state index contributed by atoms with van der Waals surface area (Å²) >= 11 is 1.67. The van der Waals surface area contributed by atoms with Crippen molar-refractivity contribution >= 4 is 17.8 Å². The fourth-order valence-electron chi connectivity index (χ4n) is 4.77. The quantitative estimate of drug-likeness (QED) is 0.217. The highest BCUT2D eigenvalue weighted by atomic mass is 32.2. The topological polar surface area (TPSA) is 97.6 Å². The average Bonchev–Trinajstić information content (AvgIpc) is 3.43. The number of hydrogen-bond donors (Lipinski definition) is 3. The molecule has 0 aliphatic carbocycles. The second-order valence-corrected chi connectivity index (χ2v) is 11.2. The van der Waals surface area contributed by atoms with Crippen LogP contribution in [0.5, 0.6) is 0 Å². The number of aromatic nitrogens is 2. The first-order valence-electron chi connectivity index (χ1n) is 13.8. The zero-order valence-corrected chi connectivity index (χ0v) is 24.1. The molecule has 2 amide bonds. The maximum atomic E-state index is 12.3. The van der Waals surface area contributed by atoms with E-state index in [0.717, 1.165) is 38.7 Å². The van der Waals surface area contributed by atoms with Gasteiger partial charge in [0.25, 0.3) is 0 Å². The van der Waals surface area contributed by atoms with Gasteiger partial charge in [-0.05, 0) is 22.3 Å². The van der Waals surface area contributed by atoms with Crippen LogP contribution in [0.1, 0.15) is 47.1 Å². The van der Waals surface area contributed by atoms with Gasteiger partial charge in [-0.3, -0.25) is 0 Å². The summed E-state index contributed by atoms with van der Waals surface area (Å²) in [6.45, 7) is 3.05. The van der Waals surface area contributed by atoms with Crippen molar-refractivity contribution in [2.24, 2.45) is 13.0 Å². The van der Waals surface area contributed by atoms with Gasteiger partial charge in [0.15, 0.2) is 11.4 Å². The van der Waals surface area contributed by atoms with Gasteiger partial charge in [-0.2, -0.15) is 0 Å². The highest BCUT2D eigenvalue weighted by Gasteiger charge is 2.38. The van der Waals surface area contributed by atoms with E-state index in [-0.39, 0.29) is 30.8 Å². The van der Waals surface area contributed by atoms with Gasteiger partial charge >= 0.3 is 6.03 Å². The van der Waals surface area contributed by atoms with E-state index in [1.807, 2.05) is 96.7 Å². The first-order valence-corrected chi connectivity index (χ1v) is 14.7. The van der Waals surface area contributed by atoms with Gasteiger partial charge in [0.2, 0.25) is 0 Å². The number of aryl methyl sites for hydroxylation is 1. The van der Waals surface area contributed by atoms with Crippen LogP contribution >= 0.6 is 11.8 Å². The van der Waals surface area contributed by atoms with Crippen molar-refractivity contribution in [2.75, 3.05) is 5.75 Å². The summed E-state index contributed by atoms with van der Waals surface area (Å²) in [7, 11) is 1.99. The third-order valence-corrected chi connectivity index (χ3v) is 8.42. The largest absolute Gasteiger partial charge is 0.392 e. The van der Waals surface area contributed by atoms with Crippen LogP contribution in [-0.2, 0) is 36.2 Å². The lowest BCUT2D eigenvalue weighted by Gasteiger charge is -2.41. The number of carbonyl (C=O) groups is 1. The van der Waals surface area contributed by atoms with Crippen molar-refractivity contribution in [1.82, 2.24) is 20.2 Å². The molecular weight excluding hydrogens is 536 g/mol. The van der Waals surface area contributed by atoms with Crippen LogP contribution in [0.4, 0.5) is 4.79 Å². The molecule has 4 aromatic rings. The van der Waals surface area contributed by atoms with Crippen LogP contribution in [0.25, 0.3) is 0 Å². The highest BCUT2D eigenvalue weighted by molar-refractivity contribution is 7.99. The lowest BCUT2D eigenvalue weighted by Crippen LogP contribution is -2.38. The predicted molar refractivity (Wildman–Crippen MR) is 159 cm³/mol. The minimum atomic E-state index is -0.545. The zero-order chi connectivity index (χ0) is 28.6. The molecule has 1 aliphatic rings. The Morgan fingerprint density at radius 3 is 2.17 bits per heavy atom. The van der Waals surface area contributed by atoms with E-state index in [0.29, 0.717) is 13.1 Å². The number of urea groups is 1. The van der Waals surface area contributed by atoms with Gasteiger partial charge in [0.1, 0.15) is 0 Å². The van der Waals surface area contributed by atoms with E-state index < -0.39 is 6.29 Å². The van der Waals surface area contributed by atoms with Crippen molar-refractivity contribution < 1.29 is 19.4 Å². The Morgan fingerprint density at radius 2 is 1.54 bits per heavy atom. The minimum Gasteiger partial charge on any atom is -0.392 e. The molecule has 3 N–H and O–H groups in total. The average molecular weight is 573 g/mol. The zero-order valence-electron chi connectivity index (χ0n) is 23.3. The molecule has 0 saturated carbocycles. The van der Waals surface area contributed by atoms with Gasteiger partial charge in [-0.25, -0.2) is 9.78 Å². The number of benzene rings is 3. The molecule has 0 spiro atoms. The van der Waals surface area contributed by atoms with Crippen LogP contribution in [0.15, 0.2) is 96.4 Å². The normalized spacial score (nSPS) is 20.5. The Hall–Kier alpha value is -3.63. The molecule has 1 aliphatic heterocycles. The summed E-state index contributed by atoms with van der Waals surface area (Å²) in [4.78, 5) is 16.7. The molecule has 0 bridgehead atoms. The predicted octanol–water partition coefficient (Wildman–Crippen LogP) is 5.50. The SMILES string of the molecule is C[C@@H]1[C@H](CSc2nccn2C)O[C@H](c2ccc(CNC(=O)NCc3ccccc3)cc2)O[C@@H]1c1ccc(CO)cc1. The van der Waals surface area contributed by atoms with E-state index in [2.05, 4.69) is 22.5 Å². The van der Waals surface area contributed by atoms with E-state index in [4.69, 9.17) is 9.47 Å². The first-order chi connectivity index (χ1) is 20.0. The Labute approximate surface area is 245 Å². The van der Waals surface area contributed by atoms with E-state index in [1.165, 1.54) is 0 Å². The second kappa shape index (κ2) is 13.8. The number of hydrogen-bond acceptors (Lipinski definition) is 6. The smallest absolute Gasteiger partial charge is 0.315 e. The number of imidazole rings is 1. The van der Waals surface area contributed by atoms with Gasteiger partial charge in [0, 0.05) is 49.8 Å². The van der Waals surface area contributed by atoms with Crippen molar-refractivity contribution in [3.63, 3.8) is 0 Å². The third-order valence-electron chi connectivity index (χ3n) is 7.28. The van der Waals surface area contributed by atoms with Crippen LogP contribution in [-0.4, -0.2) is 32.5 Å². The number of aliphatic hydroxyl groups excluding tert-OH is 1. The monoisotopic (exact) mass is 572 g/mol. The summed E-state index contributed by atoms with van der Waals surface area (Å²) in [5.74, 6) is 0.828. The van der Waals surface area contributed by atoms with Crippen molar-refractivity contribution in [3.8, 4) is 0 Å². The van der Waals surface area contributed by atoms with Crippen molar-refractivity contribution in [2.45, 2.75) is 50.3 Å². The Bertz CT molecular complexity index is 1400. The fraction of sp³-hybridized carbons (Fsp3) is 0.312. The van der Waals surface area contributed by atoms with Gasteiger partial charge in [0.05, 0.1) is 18.8 Å². The molecule has 1 saturated heterocycles. The fourth-order valence-corrected chi connectivity index (χ4v) is 5.87. The summed E-state index contributed by atoms with van der Waals surface area (Å²) in [6.07, 6.45) is 2.94. The molecule has 1 aromatic heterocycles. The van der Waals surface area contributed by atoms with E-state index in [1.54, 1.807) is 18.0 Å². The number of aliphatic hydroxyl groups is 1. The van der Waals surface area contributed by atoms with Gasteiger partial charge in [-0.1, -0.05) is 97.5 Å². The molecule has 1 fully saturated rings. The molecule has 5 rings (SSSR count). The number of nitrogens with zero attached hydrogens (tertiary/aromatic N) is 2. The number of amides is 2. The van der Waals surface area contributed by atoms with Crippen LogP contribution in [0.2, 0.25) is 0 Å². The number of ether oxygens (including phenoxy) is 2. The Morgan fingerprint density at radius 1 is 0.902 bits per heavy atom. The Kier molecular flexibility index (Phi) is 9.74. The highest BCUT2D eigenvalue weighted by Crippen LogP contribution is 2.42. The first kappa shape index (κ1) is 28.9. The lowest BCUT2D eigenvalue weighted by atomic mass is 9.91. The molecule has 4 atom stereocenters. The van der Waals surface area contributed by atoms with Crippen molar-refractivity contribution in [3.05, 3.63) is 119 Å². The molecule has 0 radical (unpaired) electrons. The molecule has 41 heavy (non-hydrogen) atoms. The van der Waals surface area contributed by atoms with Gasteiger partial charge in [-0.15, -0.1) is 0 Å². The maximum Gasteiger partial charge on any atom is 0.315 e. The lowest BCUT2D eigenvalue weighted by molar-refractivity contribution is -0.268. The molecule has 0 unspecified atom stereocenters. The summed E-state index contributed by atoms with van der Waals surface area (Å²) < 4.78 is 15.1. The standard InChI is InChI=1S/C32H36N4O4S/c1-22-28(21-41-32-33-16-17-36(32)2)39-30(40-29(22)26-12-10-25(20-37)11-13-26)27-14-8-24(9-15-27)19-35-31(38)34-18-23-6-4-3-5-7-23/h3-17,22,28-30,37H,18-21H2,1-2H3,(H2,34,35,38)/t22-,28+,29+,30+/m1/s1. The van der Waals surface area contributed by atoms with E-state index >= 15 is 0 Å². The van der Waals surface area contributed by atoms with E-state index in [9.17, 15) is 9.90 Å². The molecule has 214 valence electrons. The summed E-state index contributed by atoms with van der Waals surface area (Å²) in [5, 5.41) is 16.2. The van der Waals surface area contributed by atoms with Crippen LogP contribution in [0.3, 0.4) is 0 Å². The molecule has 8 nitrogen and oxygen atoms in total. The minimum absolute atomic E-state index is 0.00587. The summed E-state index contributed by atoms with van der Waals surface area (Å²) in [6, 6.07) is 25.5. The number of rotatable bonds is 10. The van der Waals surface area contributed by atoms with Crippen LogP contribution < -0.4 is 10.6 Å². The molecule has 2 heterocycles. The maximum absolute atomic E-state index is 12.3. The second-order valence-electron chi connectivity index (χ2n) is 10.2. The molecule has 9 heteroatoms. The van der Waals surface area contributed by atoms with Gasteiger partial charge < -0.3 is 29.8 Å². The summed E-state index contributed by atoms with van der Waals surface area (Å²) in [5.41, 5.74) is 4.86. The molecular formula is C32H36N4O4S. The van der Waals surface area contributed by atoms with Crippen molar-refractivity contribution in [1.29, 1.82) is 0 Å². The molecule has 3 aromatic carbocycles. The number of thioether (sulfide) groups is 1. The van der Waals surface area contributed by atoms with Crippen LogP contribution in [0, 0.1) is 5.92 Å². The number of nitrogens with one attached hydrogen (secondary N) is 2. The third kappa shape index (κ3) is 7.56.